The highest BCUT2D eigenvalue weighted by atomic mass is 16.5. The van der Waals surface area contributed by atoms with E-state index in [1.54, 1.807) is 23.4 Å². The molecule has 1 aliphatic rings. The van der Waals surface area contributed by atoms with Crippen molar-refractivity contribution in [3.63, 3.8) is 0 Å². The highest BCUT2D eigenvalue weighted by molar-refractivity contribution is 5.78. The van der Waals surface area contributed by atoms with E-state index < -0.39 is 0 Å². The first-order valence-electron chi connectivity index (χ1n) is 10.7. The number of carbonyl (C=O) groups is 1. The van der Waals surface area contributed by atoms with E-state index in [9.17, 15) is 4.79 Å². The molecule has 0 aliphatic carbocycles. The molecule has 1 aromatic carbocycles. The van der Waals surface area contributed by atoms with Crippen molar-refractivity contribution >= 4 is 11.7 Å². The van der Waals surface area contributed by atoms with Crippen LogP contribution in [0.15, 0.2) is 48.8 Å². The van der Waals surface area contributed by atoms with Crippen LogP contribution in [-0.4, -0.2) is 52.3 Å². The number of pyridine rings is 1. The van der Waals surface area contributed by atoms with Crippen LogP contribution in [0.2, 0.25) is 0 Å². The maximum Gasteiger partial charge on any atom is 0.260 e. The number of aromatic nitrogens is 3. The molecular formula is C24H29N5O3. The zero-order valence-corrected chi connectivity index (χ0v) is 18.7. The van der Waals surface area contributed by atoms with Crippen LogP contribution in [0.5, 0.6) is 5.75 Å². The fourth-order valence-corrected chi connectivity index (χ4v) is 3.73. The standard InChI is InChI=1S/C24H29N5O3/c1-24(2,3)17-4-6-18(7-5-17)32-15-22(30)29-10-11-31-20(14-29)23-19(13-27-28-23)16-8-9-26-21(25)12-16/h4-9,12-13,20H,10-11,14-15H2,1-3H3,(H2,25,26)(H,27,28). The van der Waals surface area contributed by atoms with E-state index in [0.717, 1.165) is 16.8 Å². The summed E-state index contributed by atoms with van der Waals surface area (Å²) in [5.74, 6) is 1.04. The van der Waals surface area contributed by atoms with E-state index in [4.69, 9.17) is 15.2 Å². The Hall–Kier alpha value is -3.39. The Kier molecular flexibility index (Phi) is 6.14. The predicted molar refractivity (Wildman–Crippen MR) is 122 cm³/mol. The molecule has 3 aromatic rings. The van der Waals surface area contributed by atoms with Crippen molar-refractivity contribution in [2.75, 3.05) is 32.0 Å². The highest BCUT2D eigenvalue weighted by Crippen LogP contribution is 2.31. The minimum Gasteiger partial charge on any atom is -0.484 e. The molecule has 1 aliphatic heterocycles. The molecule has 8 nitrogen and oxygen atoms in total. The lowest BCUT2D eigenvalue weighted by Gasteiger charge is -2.32. The lowest BCUT2D eigenvalue weighted by atomic mass is 9.87. The molecule has 8 heteroatoms. The van der Waals surface area contributed by atoms with Crippen LogP contribution in [0.1, 0.15) is 38.1 Å². The Morgan fingerprint density at radius 2 is 2.06 bits per heavy atom. The Labute approximate surface area is 187 Å². The summed E-state index contributed by atoms with van der Waals surface area (Å²) in [4.78, 5) is 18.6. The number of nitrogen functional groups attached to an aromatic ring is 1. The van der Waals surface area contributed by atoms with Crippen molar-refractivity contribution in [1.29, 1.82) is 0 Å². The molecule has 0 saturated carbocycles. The van der Waals surface area contributed by atoms with Gasteiger partial charge in [0.1, 0.15) is 17.7 Å². The van der Waals surface area contributed by atoms with Gasteiger partial charge in [0.05, 0.1) is 25.0 Å². The van der Waals surface area contributed by atoms with Crippen molar-refractivity contribution in [3.05, 3.63) is 60.0 Å². The van der Waals surface area contributed by atoms with Crippen LogP contribution in [0, 0.1) is 0 Å². The number of nitrogens with zero attached hydrogens (tertiary/aromatic N) is 3. The summed E-state index contributed by atoms with van der Waals surface area (Å²) in [6.45, 7) is 7.85. The second-order valence-corrected chi connectivity index (χ2v) is 8.93. The lowest BCUT2D eigenvalue weighted by Crippen LogP contribution is -2.44. The van der Waals surface area contributed by atoms with Crippen LogP contribution in [-0.2, 0) is 14.9 Å². The van der Waals surface area contributed by atoms with Gasteiger partial charge >= 0.3 is 0 Å². The van der Waals surface area contributed by atoms with Gasteiger partial charge in [-0.3, -0.25) is 9.89 Å². The van der Waals surface area contributed by atoms with Gasteiger partial charge in [-0.2, -0.15) is 5.10 Å². The third-order valence-electron chi connectivity index (χ3n) is 5.58. The summed E-state index contributed by atoms with van der Waals surface area (Å²) in [5.41, 5.74) is 9.71. The zero-order chi connectivity index (χ0) is 22.7. The number of ether oxygens (including phenoxy) is 2. The van der Waals surface area contributed by atoms with Gasteiger partial charge in [-0.15, -0.1) is 0 Å². The molecule has 1 saturated heterocycles. The number of nitrogens with two attached hydrogens (primary N) is 1. The van der Waals surface area contributed by atoms with Gasteiger partial charge in [0, 0.05) is 18.3 Å². The molecule has 168 valence electrons. The number of carbonyl (C=O) groups excluding carboxylic acids is 1. The minimum atomic E-state index is -0.314. The molecule has 4 rings (SSSR count). The van der Waals surface area contributed by atoms with Gasteiger partial charge in [0.25, 0.3) is 5.91 Å². The fraction of sp³-hybridized carbons (Fsp3) is 0.375. The van der Waals surface area contributed by atoms with Gasteiger partial charge < -0.3 is 20.1 Å². The van der Waals surface area contributed by atoms with E-state index >= 15 is 0 Å². The third kappa shape index (κ3) is 4.91. The molecule has 0 bridgehead atoms. The smallest absolute Gasteiger partial charge is 0.260 e. The first-order valence-corrected chi connectivity index (χ1v) is 10.7. The number of hydrogen-bond donors (Lipinski definition) is 2. The van der Waals surface area contributed by atoms with Crippen LogP contribution in [0.3, 0.4) is 0 Å². The number of amides is 1. The monoisotopic (exact) mass is 435 g/mol. The summed E-state index contributed by atoms with van der Waals surface area (Å²) in [5, 5.41) is 7.20. The number of hydrogen-bond acceptors (Lipinski definition) is 6. The van der Waals surface area contributed by atoms with Crippen LogP contribution in [0.4, 0.5) is 5.82 Å². The van der Waals surface area contributed by atoms with Gasteiger partial charge in [-0.05, 0) is 40.8 Å². The van der Waals surface area contributed by atoms with Gasteiger partial charge in [-0.1, -0.05) is 32.9 Å². The summed E-state index contributed by atoms with van der Waals surface area (Å²) < 4.78 is 11.7. The topological polar surface area (TPSA) is 106 Å². The Morgan fingerprint density at radius 3 is 2.78 bits per heavy atom. The Bertz CT molecular complexity index is 1070. The first kappa shape index (κ1) is 21.8. The second kappa shape index (κ2) is 9.00. The summed E-state index contributed by atoms with van der Waals surface area (Å²) >= 11 is 0. The molecule has 3 N–H and O–H groups in total. The molecular weight excluding hydrogens is 406 g/mol. The molecule has 0 spiro atoms. The minimum absolute atomic E-state index is 0.0156. The summed E-state index contributed by atoms with van der Waals surface area (Å²) in [6.07, 6.45) is 3.08. The quantitative estimate of drug-likeness (QED) is 0.637. The first-order chi connectivity index (χ1) is 15.3. The van der Waals surface area contributed by atoms with Crippen molar-refractivity contribution < 1.29 is 14.3 Å². The average molecular weight is 436 g/mol. The third-order valence-corrected chi connectivity index (χ3v) is 5.58. The second-order valence-electron chi connectivity index (χ2n) is 8.93. The number of nitrogens with one attached hydrogen (secondary N) is 1. The molecule has 1 fully saturated rings. The van der Waals surface area contributed by atoms with Gasteiger partial charge in [-0.25, -0.2) is 4.98 Å². The van der Waals surface area contributed by atoms with Crippen LogP contribution >= 0.6 is 0 Å². The maximum atomic E-state index is 12.8. The summed E-state index contributed by atoms with van der Waals surface area (Å²) in [7, 11) is 0. The van der Waals surface area contributed by atoms with E-state index in [1.807, 2.05) is 30.3 Å². The Morgan fingerprint density at radius 1 is 1.28 bits per heavy atom. The normalized spacial score (nSPS) is 16.7. The molecule has 32 heavy (non-hydrogen) atoms. The largest absolute Gasteiger partial charge is 0.484 e. The van der Waals surface area contributed by atoms with E-state index in [-0.39, 0.29) is 24.0 Å². The number of H-pyrrole nitrogens is 1. The molecule has 0 radical (unpaired) electrons. The molecule has 1 unspecified atom stereocenters. The van der Waals surface area contributed by atoms with Crippen molar-refractivity contribution in [3.8, 4) is 16.9 Å². The van der Waals surface area contributed by atoms with Crippen molar-refractivity contribution in [2.24, 2.45) is 0 Å². The van der Waals surface area contributed by atoms with E-state index in [2.05, 4.69) is 36.0 Å². The van der Waals surface area contributed by atoms with Crippen molar-refractivity contribution in [1.82, 2.24) is 20.1 Å². The molecule has 2 aromatic heterocycles. The molecule has 3 heterocycles. The molecule has 1 amide bonds. The number of benzene rings is 1. The van der Waals surface area contributed by atoms with Gasteiger partial charge in [0.2, 0.25) is 0 Å². The summed E-state index contributed by atoms with van der Waals surface area (Å²) in [6, 6.07) is 11.6. The number of morpholine rings is 1. The fourth-order valence-electron chi connectivity index (χ4n) is 3.73. The predicted octanol–water partition coefficient (Wildman–Crippen LogP) is 3.33. The Balaban J connectivity index is 1.39. The zero-order valence-electron chi connectivity index (χ0n) is 18.7. The van der Waals surface area contributed by atoms with Crippen LogP contribution in [0.25, 0.3) is 11.1 Å². The molecule has 1 atom stereocenters. The average Bonchev–Trinajstić information content (AvgIpc) is 3.27. The number of rotatable bonds is 5. The highest BCUT2D eigenvalue weighted by Gasteiger charge is 2.28. The van der Waals surface area contributed by atoms with Crippen molar-refractivity contribution in [2.45, 2.75) is 32.3 Å². The van der Waals surface area contributed by atoms with E-state index in [1.165, 1.54) is 5.56 Å². The number of aromatic amines is 1. The SMILES string of the molecule is CC(C)(C)c1ccc(OCC(=O)N2CCOC(c3[nH]ncc3-c3ccnc(N)c3)C2)cc1. The maximum absolute atomic E-state index is 12.8. The number of anilines is 1. The lowest BCUT2D eigenvalue weighted by molar-refractivity contribution is -0.141. The van der Waals surface area contributed by atoms with E-state index in [0.29, 0.717) is 31.3 Å². The van der Waals surface area contributed by atoms with Crippen LogP contribution < -0.4 is 10.5 Å². The van der Waals surface area contributed by atoms with Gasteiger partial charge in [0.15, 0.2) is 6.61 Å².